The van der Waals surface area contributed by atoms with Crippen LogP contribution in [0.1, 0.15) is 12.5 Å². The van der Waals surface area contributed by atoms with Crippen LogP contribution in [0.2, 0.25) is 0 Å². The highest BCUT2D eigenvalue weighted by atomic mass is 16.2. The lowest BCUT2D eigenvalue weighted by atomic mass is 10.2. The van der Waals surface area contributed by atoms with Crippen LogP contribution in [0.15, 0.2) is 21.9 Å². The van der Waals surface area contributed by atoms with Crippen LogP contribution in [0.25, 0.3) is 6.08 Å². The first kappa shape index (κ1) is 16.2. The lowest BCUT2D eigenvalue weighted by Crippen LogP contribution is -2.52. The van der Waals surface area contributed by atoms with Crippen molar-refractivity contribution in [3.8, 4) is 0 Å². The van der Waals surface area contributed by atoms with Crippen LogP contribution in [-0.4, -0.2) is 57.6 Å². The molecule has 1 aliphatic rings. The molecule has 2 heterocycles. The van der Waals surface area contributed by atoms with Gasteiger partial charge in [-0.3, -0.25) is 14.2 Å². The van der Waals surface area contributed by atoms with Gasteiger partial charge >= 0.3 is 5.69 Å². The molecule has 1 atom stereocenters. The zero-order valence-electron chi connectivity index (χ0n) is 13.4. The minimum Gasteiger partial charge on any atom is -0.334 e. The molecule has 2 rings (SSSR count). The number of piperazine rings is 1. The molecule has 0 saturated carbocycles. The zero-order valence-corrected chi connectivity index (χ0v) is 13.4. The second kappa shape index (κ2) is 6.31. The highest BCUT2D eigenvalue weighted by Crippen LogP contribution is 2.09. The Labute approximate surface area is 129 Å². The summed E-state index contributed by atoms with van der Waals surface area (Å²) < 4.78 is 2.35. The number of hydrogen-bond acceptors (Lipinski definition) is 4. The van der Waals surface area contributed by atoms with Gasteiger partial charge in [-0.1, -0.05) is 0 Å². The molecular weight excluding hydrogens is 284 g/mol. The number of aromatic nitrogens is 2. The molecule has 1 aromatic rings. The fourth-order valence-corrected chi connectivity index (χ4v) is 2.67. The van der Waals surface area contributed by atoms with Crippen molar-refractivity contribution in [2.24, 2.45) is 14.1 Å². The third kappa shape index (κ3) is 3.19. The molecule has 0 aliphatic carbocycles. The zero-order chi connectivity index (χ0) is 16.4. The van der Waals surface area contributed by atoms with Crippen LogP contribution in [0, 0.1) is 0 Å². The summed E-state index contributed by atoms with van der Waals surface area (Å²) in [6.45, 7) is 4.35. The van der Waals surface area contributed by atoms with Crippen molar-refractivity contribution < 1.29 is 4.79 Å². The van der Waals surface area contributed by atoms with E-state index in [1.54, 1.807) is 11.9 Å². The summed E-state index contributed by atoms with van der Waals surface area (Å²) in [5.74, 6) is -0.114. The number of hydrogen-bond donors (Lipinski definition) is 0. The maximum Gasteiger partial charge on any atom is 0.330 e. The van der Waals surface area contributed by atoms with Gasteiger partial charge in [0.05, 0.1) is 5.56 Å². The topological polar surface area (TPSA) is 67.5 Å². The molecule has 22 heavy (non-hydrogen) atoms. The smallest absolute Gasteiger partial charge is 0.330 e. The van der Waals surface area contributed by atoms with Gasteiger partial charge < -0.3 is 14.4 Å². The van der Waals surface area contributed by atoms with E-state index in [1.165, 1.54) is 30.0 Å². The van der Waals surface area contributed by atoms with Crippen molar-refractivity contribution in [2.75, 3.05) is 26.7 Å². The standard InChI is InChI=1S/C15H22N4O3/c1-11-9-16(2)7-8-19(11)13(20)6-5-12-10-17(3)15(22)18(4)14(12)21/h5-6,10-11H,7-9H2,1-4H3/b6-5+. The van der Waals surface area contributed by atoms with Gasteiger partial charge in [-0.05, 0) is 20.0 Å². The number of likely N-dealkylation sites (N-methyl/N-ethyl adjacent to an activating group) is 1. The Kier molecular flexibility index (Phi) is 4.65. The van der Waals surface area contributed by atoms with E-state index in [1.807, 2.05) is 14.0 Å². The molecule has 120 valence electrons. The number of rotatable bonds is 2. The molecule has 0 aromatic carbocycles. The van der Waals surface area contributed by atoms with Crippen LogP contribution in [0.3, 0.4) is 0 Å². The Hall–Kier alpha value is -2.15. The minimum absolute atomic E-state index is 0.114. The van der Waals surface area contributed by atoms with E-state index >= 15 is 0 Å². The molecule has 0 radical (unpaired) electrons. The van der Waals surface area contributed by atoms with E-state index in [-0.39, 0.29) is 17.6 Å². The molecular formula is C15H22N4O3. The number of amides is 1. The molecule has 1 unspecified atom stereocenters. The Morgan fingerprint density at radius 3 is 2.55 bits per heavy atom. The predicted molar refractivity (Wildman–Crippen MR) is 84.6 cm³/mol. The van der Waals surface area contributed by atoms with Crippen LogP contribution in [0.5, 0.6) is 0 Å². The molecule has 1 saturated heterocycles. The Morgan fingerprint density at radius 1 is 1.23 bits per heavy atom. The number of nitrogens with zero attached hydrogens (tertiary/aromatic N) is 4. The molecule has 0 spiro atoms. The Morgan fingerprint density at radius 2 is 1.91 bits per heavy atom. The highest BCUT2D eigenvalue weighted by Gasteiger charge is 2.24. The van der Waals surface area contributed by atoms with Crippen molar-refractivity contribution in [1.29, 1.82) is 0 Å². The number of carbonyl (C=O) groups is 1. The summed E-state index contributed by atoms with van der Waals surface area (Å²) in [6, 6.07) is 0.138. The fourth-order valence-electron chi connectivity index (χ4n) is 2.67. The van der Waals surface area contributed by atoms with Crippen molar-refractivity contribution in [1.82, 2.24) is 18.9 Å². The van der Waals surface area contributed by atoms with E-state index in [9.17, 15) is 14.4 Å². The third-order valence-electron chi connectivity index (χ3n) is 3.99. The second-order valence-corrected chi connectivity index (χ2v) is 5.82. The van der Waals surface area contributed by atoms with Crippen LogP contribution < -0.4 is 11.2 Å². The van der Waals surface area contributed by atoms with Crippen molar-refractivity contribution in [3.05, 3.63) is 38.7 Å². The average molecular weight is 306 g/mol. The van der Waals surface area contributed by atoms with E-state index in [2.05, 4.69) is 4.90 Å². The van der Waals surface area contributed by atoms with Gasteiger partial charge in [-0.15, -0.1) is 0 Å². The van der Waals surface area contributed by atoms with Gasteiger partial charge in [0, 0.05) is 52.0 Å². The molecule has 0 N–H and O–H groups in total. The second-order valence-electron chi connectivity index (χ2n) is 5.82. The van der Waals surface area contributed by atoms with Crippen LogP contribution in [0.4, 0.5) is 0 Å². The van der Waals surface area contributed by atoms with Crippen LogP contribution >= 0.6 is 0 Å². The third-order valence-corrected chi connectivity index (χ3v) is 3.99. The Bertz CT molecular complexity index is 716. The minimum atomic E-state index is -0.404. The normalized spacial score (nSPS) is 19.8. The highest BCUT2D eigenvalue weighted by molar-refractivity contribution is 5.92. The van der Waals surface area contributed by atoms with Crippen molar-refractivity contribution >= 4 is 12.0 Å². The number of carbonyl (C=O) groups excluding carboxylic acids is 1. The van der Waals surface area contributed by atoms with Crippen LogP contribution in [-0.2, 0) is 18.9 Å². The van der Waals surface area contributed by atoms with E-state index in [0.29, 0.717) is 12.1 Å². The quantitative estimate of drug-likeness (QED) is 0.675. The maximum absolute atomic E-state index is 12.3. The molecule has 7 heteroatoms. The summed E-state index contributed by atoms with van der Waals surface area (Å²) in [5.41, 5.74) is -0.473. The monoisotopic (exact) mass is 306 g/mol. The van der Waals surface area contributed by atoms with E-state index in [0.717, 1.165) is 17.7 Å². The van der Waals surface area contributed by atoms with Gasteiger partial charge in [-0.2, -0.15) is 0 Å². The first-order valence-corrected chi connectivity index (χ1v) is 7.25. The summed E-state index contributed by atoms with van der Waals surface area (Å²) in [6.07, 6.45) is 4.33. The molecule has 1 fully saturated rings. The average Bonchev–Trinajstić information content (AvgIpc) is 2.47. The van der Waals surface area contributed by atoms with Gasteiger partial charge in [0.15, 0.2) is 0 Å². The molecule has 7 nitrogen and oxygen atoms in total. The summed E-state index contributed by atoms with van der Waals surface area (Å²) in [4.78, 5) is 39.9. The number of aryl methyl sites for hydroxylation is 1. The van der Waals surface area contributed by atoms with Gasteiger partial charge in [0.2, 0.25) is 5.91 Å². The largest absolute Gasteiger partial charge is 0.334 e. The fraction of sp³-hybridized carbons (Fsp3) is 0.533. The molecule has 1 aromatic heterocycles. The van der Waals surface area contributed by atoms with E-state index in [4.69, 9.17) is 0 Å². The van der Waals surface area contributed by atoms with Gasteiger partial charge in [0.1, 0.15) is 0 Å². The lowest BCUT2D eigenvalue weighted by molar-refractivity contribution is -0.130. The maximum atomic E-state index is 12.3. The van der Waals surface area contributed by atoms with Crippen molar-refractivity contribution in [3.63, 3.8) is 0 Å². The summed E-state index contributed by atoms with van der Waals surface area (Å²) in [5, 5.41) is 0. The summed E-state index contributed by atoms with van der Waals surface area (Å²) >= 11 is 0. The molecule has 1 amide bonds. The van der Waals surface area contributed by atoms with Crippen molar-refractivity contribution in [2.45, 2.75) is 13.0 Å². The van der Waals surface area contributed by atoms with Gasteiger partial charge in [0.25, 0.3) is 5.56 Å². The lowest BCUT2D eigenvalue weighted by Gasteiger charge is -2.37. The Balaban J connectivity index is 2.21. The first-order valence-electron chi connectivity index (χ1n) is 7.25. The first-order chi connectivity index (χ1) is 10.3. The summed E-state index contributed by atoms with van der Waals surface area (Å²) in [7, 11) is 5.03. The molecule has 0 bridgehead atoms. The predicted octanol–water partition coefficient (Wildman–Crippen LogP) is -0.740. The van der Waals surface area contributed by atoms with Gasteiger partial charge in [-0.25, -0.2) is 4.79 Å². The molecule has 1 aliphatic heterocycles. The SMILES string of the molecule is CC1CN(C)CCN1C(=O)/C=C/c1cn(C)c(=O)n(C)c1=O. The van der Waals surface area contributed by atoms with E-state index < -0.39 is 5.56 Å².